The number of urea groups is 1. The summed E-state index contributed by atoms with van der Waals surface area (Å²) in [5, 5.41) is 3.06. The number of rotatable bonds is 5. The number of nitrogens with one attached hydrogen (secondary N) is 1. The summed E-state index contributed by atoms with van der Waals surface area (Å²) in [5.74, 6) is 0.920. The van der Waals surface area contributed by atoms with Crippen molar-refractivity contribution >= 4 is 11.7 Å². The number of piperazine rings is 1. The van der Waals surface area contributed by atoms with Gasteiger partial charge in [-0.25, -0.2) is 4.79 Å². The first-order valence-electron chi connectivity index (χ1n) is 9.19. The molecule has 1 saturated heterocycles. The third-order valence-electron chi connectivity index (χ3n) is 4.89. The molecular formula is C21H27N3O2. The van der Waals surface area contributed by atoms with Crippen LogP contribution in [0.3, 0.4) is 0 Å². The molecule has 138 valence electrons. The summed E-state index contributed by atoms with van der Waals surface area (Å²) in [4.78, 5) is 16.8. The van der Waals surface area contributed by atoms with Crippen molar-refractivity contribution in [3.05, 3.63) is 59.7 Å². The van der Waals surface area contributed by atoms with Crippen LogP contribution in [-0.2, 0) is 13.0 Å². The molecule has 2 aromatic rings. The number of hydrogen-bond acceptors (Lipinski definition) is 3. The van der Waals surface area contributed by atoms with Crippen molar-refractivity contribution in [1.29, 1.82) is 0 Å². The number of carbonyl (C=O) groups excluding carboxylic acids is 1. The van der Waals surface area contributed by atoms with E-state index in [2.05, 4.69) is 29.3 Å². The van der Waals surface area contributed by atoms with Gasteiger partial charge in [0.25, 0.3) is 0 Å². The zero-order valence-electron chi connectivity index (χ0n) is 15.6. The average Bonchev–Trinajstić information content (AvgIpc) is 2.69. The minimum atomic E-state index is -0.0113. The number of para-hydroxylation sites is 2. The summed E-state index contributed by atoms with van der Waals surface area (Å²) in [5.41, 5.74) is 3.26. The summed E-state index contributed by atoms with van der Waals surface area (Å²) in [6.07, 6.45) is 0.906. The topological polar surface area (TPSA) is 44.8 Å². The molecule has 0 aliphatic carbocycles. The summed E-state index contributed by atoms with van der Waals surface area (Å²) in [6, 6.07) is 16.1. The Bertz CT molecular complexity index is 740. The molecule has 0 spiro atoms. The first-order valence-corrected chi connectivity index (χ1v) is 9.19. The molecule has 5 heteroatoms. The zero-order chi connectivity index (χ0) is 18.4. The SMILES string of the molecule is CCc1ccccc1NC(=O)N1CCN(Cc2ccccc2OC)CC1. The molecule has 0 unspecified atom stereocenters. The number of aryl methyl sites for hydroxylation is 1. The molecule has 2 aromatic carbocycles. The fourth-order valence-corrected chi connectivity index (χ4v) is 3.33. The Morgan fingerprint density at radius 1 is 1.00 bits per heavy atom. The van der Waals surface area contributed by atoms with Crippen LogP contribution in [0.4, 0.5) is 10.5 Å². The van der Waals surface area contributed by atoms with Gasteiger partial charge in [-0.15, -0.1) is 0 Å². The molecular weight excluding hydrogens is 326 g/mol. The predicted molar refractivity (Wildman–Crippen MR) is 105 cm³/mol. The highest BCUT2D eigenvalue weighted by Crippen LogP contribution is 2.20. The van der Waals surface area contributed by atoms with Gasteiger partial charge in [-0.05, 0) is 24.1 Å². The van der Waals surface area contributed by atoms with E-state index >= 15 is 0 Å². The molecule has 0 radical (unpaired) electrons. The number of methoxy groups -OCH3 is 1. The highest BCUT2D eigenvalue weighted by Gasteiger charge is 2.22. The molecule has 0 aromatic heterocycles. The van der Waals surface area contributed by atoms with Gasteiger partial charge < -0.3 is 15.0 Å². The van der Waals surface area contributed by atoms with Crippen LogP contribution >= 0.6 is 0 Å². The number of benzene rings is 2. The van der Waals surface area contributed by atoms with Crippen LogP contribution in [0.1, 0.15) is 18.1 Å². The number of ether oxygens (including phenoxy) is 1. The Balaban J connectivity index is 1.54. The van der Waals surface area contributed by atoms with Gasteiger partial charge in [-0.3, -0.25) is 4.90 Å². The number of anilines is 1. The zero-order valence-corrected chi connectivity index (χ0v) is 15.6. The second-order valence-electron chi connectivity index (χ2n) is 6.52. The molecule has 1 fully saturated rings. The molecule has 3 rings (SSSR count). The third kappa shape index (κ3) is 4.35. The van der Waals surface area contributed by atoms with Crippen molar-refractivity contribution in [3.8, 4) is 5.75 Å². The van der Waals surface area contributed by atoms with Gasteiger partial charge in [0.15, 0.2) is 0 Å². The lowest BCUT2D eigenvalue weighted by Crippen LogP contribution is -2.49. The van der Waals surface area contributed by atoms with Crippen LogP contribution in [0.25, 0.3) is 0 Å². The number of amides is 2. The number of hydrogen-bond donors (Lipinski definition) is 1. The Labute approximate surface area is 155 Å². The van der Waals surface area contributed by atoms with Gasteiger partial charge in [0, 0.05) is 44.0 Å². The van der Waals surface area contributed by atoms with E-state index in [1.165, 1.54) is 5.56 Å². The lowest BCUT2D eigenvalue weighted by molar-refractivity contribution is 0.142. The van der Waals surface area contributed by atoms with Crippen LogP contribution in [-0.4, -0.2) is 49.1 Å². The lowest BCUT2D eigenvalue weighted by atomic mass is 10.1. The van der Waals surface area contributed by atoms with Crippen LogP contribution in [0, 0.1) is 0 Å². The lowest BCUT2D eigenvalue weighted by Gasteiger charge is -2.35. The monoisotopic (exact) mass is 353 g/mol. The van der Waals surface area contributed by atoms with E-state index in [9.17, 15) is 4.79 Å². The van der Waals surface area contributed by atoms with Gasteiger partial charge in [0.05, 0.1) is 7.11 Å². The normalized spacial score (nSPS) is 14.9. The minimum absolute atomic E-state index is 0.0113. The van der Waals surface area contributed by atoms with E-state index in [0.717, 1.165) is 56.1 Å². The van der Waals surface area contributed by atoms with Crippen LogP contribution < -0.4 is 10.1 Å². The quantitative estimate of drug-likeness (QED) is 0.893. The molecule has 0 atom stereocenters. The molecule has 1 aliphatic heterocycles. The summed E-state index contributed by atoms with van der Waals surface area (Å²) in [6.45, 7) is 6.13. The van der Waals surface area contributed by atoms with Crippen molar-refractivity contribution in [3.63, 3.8) is 0 Å². The van der Waals surface area contributed by atoms with Gasteiger partial charge in [-0.2, -0.15) is 0 Å². The maximum absolute atomic E-state index is 12.6. The van der Waals surface area contributed by atoms with Crippen molar-refractivity contribution in [2.75, 3.05) is 38.6 Å². The maximum Gasteiger partial charge on any atom is 0.321 e. The molecule has 1 aliphatic rings. The van der Waals surface area contributed by atoms with Crippen molar-refractivity contribution in [2.24, 2.45) is 0 Å². The number of carbonyl (C=O) groups is 1. The van der Waals surface area contributed by atoms with Crippen LogP contribution in [0.2, 0.25) is 0 Å². The molecule has 2 amide bonds. The van der Waals surface area contributed by atoms with Gasteiger partial charge in [0.1, 0.15) is 5.75 Å². The smallest absolute Gasteiger partial charge is 0.321 e. The second kappa shape index (κ2) is 8.72. The Hall–Kier alpha value is -2.53. The fourth-order valence-electron chi connectivity index (χ4n) is 3.33. The highest BCUT2D eigenvalue weighted by molar-refractivity contribution is 5.90. The average molecular weight is 353 g/mol. The van der Waals surface area contributed by atoms with Gasteiger partial charge in [0.2, 0.25) is 0 Å². The summed E-state index contributed by atoms with van der Waals surface area (Å²) < 4.78 is 5.43. The van der Waals surface area contributed by atoms with E-state index < -0.39 is 0 Å². The van der Waals surface area contributed by atoms with E-state index in [1.54, 1.807) is 7.11 Å². The van der Waals surface area contributed by atoms with Gasteiger partial charge >= 0.3 is 6.03 Å². The first-order chi connectivity index (χ1) is 12.7. The minimum Gasteiger partial charge on any atom is -0.496 e. The van der Waals surface area contributed by atoms with Gasteiger partial charge in [-0.1, -0.05) is 43.3 Å². The summed E-state index contributed by atoms with van der Waals surface area (Å²) in [7, 11) is 1.70. The molecule has 0 saturated carbocycles. The van der Waals surface area contributed by atoms with Crippen molar-refractivity contribution in [1.82, 2.24) is 9.80 Å². The van der Waals surface area contributed by atoms with Crippen molar-refractivity contribution in [2.45, 2.75) is 19.9 Å². The van der Waals surface area contributed by atoms with E-state index in [-0.39, 0.29) is 6.03 Å². The Morgan fingerprint density at radius 3 is 2.35 bits per heavy atom. The molecule has 1 N–H and O–H groups in total. The number of nitrogens with zero attached hydrogens (tertiary/aromatic N) is 2. The molecule has 0 bridgehead atoms. The van der Waals surface area contributed by atoms with E-state index in [0.29, 0.717) is 0 Å². The standard InChI is InChI=1S/C21H27N3O2/c1-3-17-8-4-6-10-19(17)22-21(25)24-14-12-23(13-15-24)16-18-9-5-7-11-20(18)26-2/h4-11H,3,12-16H2,1-2H3,(H,22,25). The fraction of sp³-hybridized carbons (Fsp3) is 0.381. The van der Waals surface area contributed by atoms with E-state index in [1.807, 2.05) is 41.3 Å². The molecule has 1 heterocycles. The highest BCUT2D eigenvalue weighted by atomic mass is 16.5. The Kier molecular flexibility index (Phi) is 6.12. The Morgan fingerprint density at radius 2 is 1.65 bits per heavy atom. The van der Waals surface area contributed by atoms with Crippen LogP contribution in [0.15, 0.2) is 48.5 Å². The predicted octanol–water partition coefficient (Wildman–Crippen LogP) is 3.61. The molecule has 26 heavy (non-hydrogen) atoms. The maximum atomic E-state index is 12.6. The second-order valence-corrected chi connectivity index (χ2v) is 6.52. The van der Waals surface area contributed by atoms with Crippen molar-refractivity contribution < 1.29 is 9.53 Å². The van der Waals surface area contributed by atoms with Crippen LogP contribution in [0.5, 0.6) is 5.75 Å². The first kappa shape index (κ1) is 18.3. The third-order valence-corrected chi connectivity index (χ3v) is 4.89. The summed E-state index contributed by atoms with van der Waals surface area (Å²) >= 11 is 0. The largest absolute Gasteiger partial charge is 0.496 e. The van der Waals surface area contributed by atoms with E-state index in [4.69, 9.17) is 4.74 Å². The molecule has 5 nitrogen and oxygen atoms in total.